The van der Waals surface area contributed by atoms with Gasteiger partial charge in [0.25, 0.3) is 0 Å². The zero-order valence-corrected chi connectivity index (χ0v) is 11.2. The van der Waals surface area contributed by atoms with Crippen molar-refractivity contribution in [2.75, 3.05) is 11.9 Å². The van der Waals surface area contributed by atoms with Crippen molar-refractivity contribution < 1.29 is 18.7 Å². The van der Waals surface area contributed by atoms with E-state index < -0.39 is 29.3 Å². The van der Waals surface area contributed by atoms with E-state index in [-0.39, 0.29) is 6.54 Å². The predicted octanol–water partition coefficient (Wildman–Crippen LogP) is 1.55. The van der Waals surface area contributed by atoms with Gasteiger partial charge in [0.1, 0.15) is 17.7 Å². The molecule has 0 spiro atoms. The number of rotatable bonds is 4. The summed E-state index contributed by atoms with van der Waals surface area (Å²) in [6, 6.07) is 4.21. The summed E-state index contributed by atoms with van der Waals surface area (Å²) in [6.45, 7) is -0.337. The number of halogens is 2. The molecular formula is C13H14F2N4O2. The number of aryl methyl sites for hydroxylation is 1. The number of benzene rings is 1. The van der Waals surface area contributed by atoms with Gasteiger partial charge in [-0.2, -0.15) is 5.10 Å². The molecule has 0 saturated heterocycles. The molecule has 0 fully saturated rings. The molecular weight excluding hydrogens is 282 g/mol. The van der Waals surface area contributed by atoms with Crippen LogP contribution in [0.25, 0.3) is 0 Å². The van der Waals surface area contributed by atoms with Crippen LogP contribution in [0.1, 0.15) is 11.7 Å². The standard InChI is InChI=1S/C13H14F2N4O2/c1-19-6-5-11(18-19)17-13(21)16-7-10(20)12-8(14)3-2-4-9(12)15/h2-6,10,20H,7H2,1H3,(H2,16,17,18,21). The van der Waals surface area contributed by atoms with Crippen molar-refractivity contribution in [3.05, 3.63) is 47.7 Å². The molecule has 2 rings (SSSR count). The van der Waals surface area contributed by atoms with E-state index in [1.54, 1.807) is 19.3 Å². The second kappa shape index (κ2) is 6.31. The molecule has 1 aromatic heterocycles. The fourth-order valence-electron chi connectivity index (χ4n) is 1.76. The number of aliphatic hydroxyl groups excluding tert-OH is 1. The summed E-state index contributed by atoms with van der Waals surface area (Å²) in [5.41, 5.74) is -0.476. The quantitative estimate of drug-likeness (QED) is 0.801. The van der Waals surface area contributed by atoms with E-state index in [0.29, 0.717) is 5.82 Å². The Labute approximate surface area is 119 Å². The zero-order chi connectivity index (χ0) is 15.4. The minimum absolute atomic E-state index is 0.321. The number of anilines is 1. The van der Waals surface area contributed by atoms with Gasteiger partial charge < -0.3 is 10.4 Å². The normalized spacial score (nSPS) is 12.0. The fourth-order valence-corrected chi connectivity index (χ4v) is 1.76. The molecule has 1 heterocycles. The van der Waals surface area contributed by atoms with Gasteiger partial charge >= 0.3 is 6.03 Å². The monoisotopic (exact) mass is 296 g/mol. The van der Waals surface area contributed by atoms with Crippen molar-refractivity contribution in [1.29, 1.82) is 0 Å². The van der Waals surface area contributed by atoms with Gasteiger partial charge in [-0.1, -0.05) is 6.07 Å². The third-order valence-electron chi connectivity index (χ3n) is 2.74. The van der Waals surface area contributed by atoms with E-state index in [9.17, 15) is 18.7 Å². The Bertz CT molecular complexity index is 625. The lowest BCUT2D eigenvalue weighted by atomic mass is 10.1. The highest BCUT2D eigenvalue weighted by molar-refractivity contribution is 5.88. The highest BCUT2D eigenvalue weighted by Crippen LogP contribution is 2.19. The minimum Gasteiger partial charge on any atom is -0.386 e. The summed E-state index contributed by atoms with van der Waals surface area (Å²) < 4.78 is 28.4. The van der Waals surface area contributed by atoms with Gasteiger partial charge in [0.2, 0.25) is 0 Å². The van der Waals surface area contributed by atoms with Crippen LogP contribution in [0.3, 0.4) is 0 Å². The van der Waals surface area contributed by atoms with Crippen molar-refractivity contribution in [2.45, 2.75) is 6.10 Å². The van der Waals surface area contributed by atoms with Gasteiger partial charge in [0.15, 0.2) is 5.82 Å². The van der Waals surface area contributed by atoms with Crippen molar-refractivity contribution in [2.24, 2.45) is 7.05 Å². The number of aromatic nitrogens is 2. The number of nitrogens with zero attached hydrogens (tertiary/aromatic N) is 2. The predicted molar refractivity (Wildman–Crippen MR) is 71.5 cm³/mol. The first kappa shape index (κ1) is 14.9. The smallest absolute Gasteiger partial charge is 0.320 e. The fraction of sp³-hybridized carbons (Fsp3) is 0.231. The maximum atomic E-state index is 13.4. The molecule has 0 aliphatic heterocycles. The summed E-state index contributed by atoms with van der Waals surface area (Å²) in [5.74, 6) is -1.41. The number of hydrogen-bond donors (Lipinski definition) is 3. The van der Waals surface area contributed by atoms with Gasteiger partial charge in [-0.15, -0.1) is 0 Å². The van der Waals surface area contributed by atoms with Crippen molar-refractivity contribution >= 4 is 11.8 Å². The molecule has 0 saturated carbocycles. The molecule has 0 aliphatic carbocycles. The Kier molecular flexibility index (Phi) is 4.49. The van der Waals surface area contributed by atoms with E-state index in [2.05, 4.69) is 15.7 Å². The van der Waals surface area contributed by atoms with Crippen molar-refractivity contribution in [3.8, 4) is 0 Å². The number of amides is 2. The first-order valence-corrected chi connectivity index (χ1v) is 6.14. The largest absolute Gasteiger partial charge is 0.386 e. The molecule has 0 radical (unpaired) electrons. The summed E-state index contributed by atoms with van der Waals surface area (Å²) in [6.07, 6.45) is 0.153. The molecule has 0 aliphatic rings. The van der Waals surface area contributed by atoms with Crippen molar-refractivity contribution in [1.82, 2.24) is 15.1 Å². The molecule has 3 N–H and O–H groups in total. The zero-order valence-electron chi connectivity index (χ0n) is 11.2. The minimum atomic E-state index is -1.49. The number of aliphatic hydroxyl groups is 1. The molecule has 6 nitrogen and oxygen atoms in total. The van der Waals surface area contributed by atoms with Crippen LogP contribution in [0, 0.1) is 11.6 Å². The van der Waals surface area contributed by atoms with Crippen molar-refractivity contribution in [3.63, 3.8) is 0 Å². The summed E-state index contributed by atoms with van der Waals surface area (Å²) >= 11 is 0. The van der Waals surface area contributed by atoms with E-state index in [0.717, 1.165) is 12.1 Å². The number of urea groups is 1. The number of carbonyl (C=O) groups excluding carboxylic acids is 1. The molecule has 1 aromatic carbocycles. The summed E-state index contributed by atoms with van der Waals surface area (Å²) in [7, 11) is 1.69. The average Bonchev–Trinajstić information content (AvgIpc) is 2.81. The number of hydrogen-bond acceptors (Lipinski definition) is 3. The molecule has 112 valence electrons. The van der Waals surface area contributed by atoms with E-state index >= 15 is 0 Å². The van der Waals surface area contributed by atoms with Gasteiger partial charge in [-0.05, 0) is 12.1 Å². The topological polar surface area (TPSA) is 79.2 Å². The molecule has 2 amide bonds. The highest BCUT2D eigenvalue weighted by Gasteiger charge is 2.18. The molecule has 1 unspecified atom stereocenters. The number of nitrogens with one attached hydrogen (secondary N) is 2. The van der Waals surface area contributed by atoms with Gasteiger partial charge in [0, 0.05) is 25.9 Å². The average molecular weight is 296 g/mol. The van der Waals surface area contributed by atoms with Crippen LogP contribution in [0.4, 0.5) is 19.4 Å². The second-order valence-electron chi connectivity index (χ2n) is 4.36. The maximum Gasteiger partial charge on any atom is 0.320 e. The maximum absolute atomic E-state index is 13.4. The van der Waals surface area contributed by atoms with Crippen LogP contribution >= 0.6 is 0 Å². The van der Waals surface area contributed by atoms with Gasteiger partial charge in [-0.25, -0.2) is 13.6 Å². The van der Waals surface area contributed by atoms with Crippen LogP contribution in [-0.2, 0) is 7.05 Å². The molecule has 1 atom stereocenters. The van der Waals surface area contributed by atoms with E-state index in [1.807, 2.05) is 0 Å². The van der Waals surface area contributed by atoms with E-state index in [4.69, 9.17) is 0 Å². The van der Waals surface area contributed by atoms with Crippen LogP contribution in [0.15, 0.2) is 30.5 Å². The Balaban J connectivity index is 1.91. The van der Waals surface area contributed by atoms with Crippen LogP contribution in [0.5, 0.6) is 0 Å². The lowest BCUT2D eigenvalue weighted by Gasteiger charge is -2.13. The van der Waals surface area contributed by atoms with Crippen LogP contribution in [0.2, 0.25) is 0 Å². The summed E-state index contributed by atoms with van der Waals surface area (Å²) in [5, 5.41) is 18.4. The first-order valence-electron chi connectivity index (χ1n) is 6.14. The molecule has 8 heteroatoms. The lowest BCUT2D eigenvalue weighted by Crippen LogP contribution is -2.33. The Morgan fingerprint density at radius 1 is 1.38 bits per heavy atom. The van der Waals surface area contributed by atoms with Crippen LogP contribution < -0.4 is 10.6 Å². The molecule has 0 bridgehead atoms. The van der Waals surface area contributed by atoms with Gasteiger partial charge in [-0.3, -0.25) is 10.00 Å². The SMILES string of the molecule is Cn1ccc(NC(=O)NCC(O)c2c(F)cccc2F)n1. The lowest BCUT2D eigenvalue weighted by molar-refractivity contribution is 0.166. The molecule has 21 heavy (non-hydrogen) atoms. The Morgan fingerprint density at radius 2 is 2.05 bits per heavy atom. The van der Waals surface area contributed by atoms with Gasteiger partial charge in [0.05, 0.1) is 5.56 Å². The Morgan fingerprint density at radius 3 is 2.62 bits per heavy atom. The van der Waals surface area contributed by atoms with E-state index in [1.165, 1.54) is 10.7 Å². The number of carbonyl (C=O) groups is 1. The van der Waals surface area contributed by atoms with Crippen LogP contribution in [-0.4, -0.2) is 27.5 Å². The summed E-state index contributed by atoms with van der Waals surface area (Å²) in [4.78, 5) is 11.6. The highest BCUT2D eigenvalue weighted by atomic mass is 19.1. The third-order valence-corrected chi connectivity index (χ3v) is 2.74. The third kappa shape index (κ3) is 3.76. The first-order chi connectivity index (χ1) is 9.97. The second-order valence-corrected chi connectivity index (χ2v) is 4.36. The Hall–Kier alpha value is -2.48. The molecule has 2 aromatic rings.